The standard InChI is InChI=1S/C15H20ClFN2S/c1-10(2)15(7-3-4-8-15)19-14(20)18-11-5-6-13(17)12(16)9-11/h5-6,9-10H,3-4,7-8H2,1-2H3,(H2,18,19,20). The highest BCUT2D eigenvalue weighted by atomic mass is 35.5. The van der Waals surface area contributed by atoms with Crippen molar-refractivity contribution in [2.24, 2.45) is 5.92 Å². The largest absolute Gasteiger partial charge is 0.357 e. The van der Waals surface area contributed by atoms with Crippen LogP contribution in [0.4, 0.5) is 10.1 Å². The molecule has 0 aromatic heterocycles. The number of anilines is 1. The van der Waals surface area contributed by atoms with Gasteiger partial charge in [0.05, 0.1) is 5.02 Å². The normalized spacial score (nSPS) is 17.2. The summed E-state index contributed by atoms with van der Waals surface area (Å²) in [6.45, 7) is 4.44. The third-order valence-electron chi connectivity index (χ3n) is 4.14. The first-order valence-electron chi connectivity index (χ1n) is 6.97. The summed E-state index contributed by atoms with van der Waals surface area (Å²) in [5, 5.41) is 7.21. The van der Waals surface area contributed by atoms with Gasteiger partial charge in [0.1, 0.15) is 5.82 Å². The van der Waals surface area contributed by atoms with Crippen molar-refractivity contribution in [3.05, 3.63) is 29.0 Å². The van der Waals surface area contributed by atoms with Crippen LogP contribution < -0.4 is 10.6 Å². The molecule has 110 valence electrons. The van der Waals surface area contributed by atoms with Gasteiger partial charge in [-0.05, 0) is 49.2 Å². The quantitative estimate of drug-likeness (QED) is 0.788. The van der Waals surface area contributed by atoms with Gasteiger partial charge in [-0.3, -0.25) is 0 Å². The van der Waals surface area contributed by atoms with Crippen LogP contribution >= 0.6 is 23.8 Å². The summed E-state index contributed by atoms with van der Waals surface area (Å²) in [6.07, 6.45) is 4.74. The van der Waals surface area contributed by atoms with Crippen molar-refractivity contribution in [3.8, 4) is 0 Å². The molecule has 1 aromatic rings. The monoisotopic (exact) mass is 314 g/mol. The Morgan fingerprint density at radius 2 is 2.00 bits per heavy atom. The van der Waals surface area contributed by atoms with E-state index in [-0.39, 0.29) is 10.6 Å². The molecule has 2 nitrogen and oxygen atoms in total. The zero-order valence-corrected chi connectivity index (χ0v) is 13.4. The number of hydrogen-bond acceptors (Lipinski definition) is 1. The van der Waals surface area contributed by atoms with Crippen LogP contribution in [0.2, 0.25) is 5.02 Å². The average Bonchev–Trinajstić information content (AvgIpc) is 2.83. The van der Waals surface area contributed by atoms with Crippen molar-refractivity contribution in [2.75, 3.05) is 5.32 Å². The fourth-order valence-electron chi connectivity index (χ4n) is 2.81. The Morgan fingerprint density at radius 1 is 1.35 bits per heavy atom. The number of halogens is 2. The van der Waals surface area contributed by atoms with Gasteiger partial charge >= 0.3 is 0 Å². The van der Waals surface area contributed by atoms with Crippen molar-refractivity contribution in [3.63, 3.8) is 0 Å². The van der Waals surface area contributed by atoms with Crippen molar-refractivity contribution in [1.29, 1.82) is 0 Å². The van der Waals surface area contributed by atoms with Gasteiger partial charge in [-0.15, -0.1) is 0 Å². The van der Waals surface area contributed by atoms with E-state index in [1.807, 2.05) is 0 Å². The number of thiocarbonyl (C=S) groups is 1. The summed E-state index contributed by atoms with van der Waals surface area (Å²) >= 11 is 11.1. The van der Waals surface area contributed by atoms with E-state index in [1.54, 1.807) is 12.1 Å². The second kappa shape index (κ2) is 6.27. The van der Waals surface area contributed by atoms with E-state index in [0.29, 0.717) is 16.7 Å². The van der Waals surface area contributed by atoms with E-state index in [9.17, 15) is 4.39 Å². The van der Waals surface area contributed by atoms with E-state index in [4.69, 9.17) is 23.8 Å². The molecule has 0 saturated heterocycles. The van der Waals surface area contributed by atoms with Crippen LogP contribution in [0.3, 0.4) is 0 Å². The molecule has 0 atom stereocenters. The Labute approximate surface area is 130 Å². The second-order valence-corrected chi connectivity index (χ2v) is 6.54. The lowest BCUT2D eigenvalue weighted by Crippen LogP contribution is -2.51. The molecule has 0 heterocycles. The summed E-state index contributed by atoms with van der Waals surface area (Å²) in [4.78, 5) is 0. The maximum atomic E-state index is 13.1. The summed E-state index contributed by atoms with van der Waals surface area (Å²) in [5.74, 6) is 0.0899. The molecule has 1 aliphatic rings. The maximum absolute atomic E-state index is 13.1. The first-order chi connectivity index (χ1) is 9.43. The summed E-state index contributed by atoms with van der Waals surface area (Å²) in [7, 11) is 0. The number of rotatable bonds is 3. The van der Waals surface area contributed by atoms with Crippen LogP contribution in [0.1, 0.15) is 39.5 Å². The molecule has 1 aromatic carbocycles. The molecular formula is C15H20ClFN2S. The van der Waals surface area contributed by atoms with E-state index in [0.717, 1.165) is 12.8 Å². The Bertz CT molecular complexity index is 499. The van der Waals surface area contributed by atoms with Crippen LogP contribution in [-0.2, 0) is 0 Å². The second-order valence-electron chi connectivity index (χ2n) is 5.73. The Morgan fingerprint density at radius 3 is 2.55 bits per heavy atom. The minimum atomic E-state index is -0.425. The van der Waals surface area contributed by atoms with Gasteiger partial charge in [-0.2, -0.15) is 0 Å². The molecule has 0 bridgehead atoms. The lowest BCUT2D eigenvalue weighted by atomic mass is 9.85. The highest BCUT2D eigenvalue weighted by Crippen LogP contribution is 2.35. The third-order valence-corrected chi connectivity index (χ3v) is 4.63. The molecule has 0 spiro atoms. The molecule has 20 heavy (non-hydrogen) atoms. The van der Waals surface area contributed by atoms with E-state index in [1.165, 1.54) is 18.9 Å². The SMILES string of the molecule is CC(C)C1(NC(=S)Nc2ccc(F)c(Cl)c2)CCCC1. The Balaban J connectivity index is 2.03. The van der Waals surface area contributed by atoms with Crippen LogP contribution in [0.15, 0.2) is 18.2 Å². The lowest BCUT2D eigenvalue weighted by molar-refractivity contribution is 0.283. The predicted octanol–water partition coefficient (Wildman–Crippen LogP) is 4.73. The molecule has 1 aliphatic carbocycles. The molecular weight excluding hydrogens is 295 g/mol. The molecule has 0 unspecified atom stereocenters. The number of benzene rings is 1. The van der Waals surface area contributed by atoms with Crippen molar-refractivity contribution in [2.45, 2.75) is 45.1 Å². The van der Waals surface area contributed by atoms with Gasteiger partial charge in [0.25, 0.3) is 0 Å². The zero-order valence-electron chi connectivity index (χ0n) is 11.8. The van der Waals surface area contributed by atoms with Gasteiger partial charge < -0.3 is 10.6 Å². The van der Waals surface area contributed by atoms with E-state index < -0.39 is 5.82 Å². The first-order valence-corrected chi connectivity index (χ1v) is 7.76. The minimum Gasteiger partial charge on any atom is -0.357 e. The Hall–Kier alpha value is -0.870. The molecule has 0 radical (unpaired) electrons. The molecule has 2 N–H and O–H groups in total. The summed E-state index contributed by atoms with van der Waals surface area (Å²) in [5.41, 5.74) is 0.777. The molecule has 1 saturated carbocycles. The molecule has 0 amide bonds. The first kappa shape index (κ1) is 15.5. The van der Waals surface area contributed by atoms with Crippen molar-refractivity contribution < 1.29 is 4.39 Å². The van der Waals surface area contributed by atoms with Crippen LogP contribution in [0.25, 0.3) is 0 Å². The van der Waals surface area contributed by atoms with Gasteiger partial charge in [0.2, 0.25) is 0 Å². The molecule has 0 aliphatic heterocycles. The van der Waals surface area contributed by atoms with Gasteiger partial charge in [-0.1, -0.05) is 38.3 Å². The molecule has 2 rings (SSSR count). The van der Waals surface area contributed by atoms with Gasteiger partial charge in [0.15, 0.2) is 5.11 Å². The fraction of sp³-hybridized carbons (Fsp3) is 0.533. The van der Waals surface area contributed by atoms with Crippen molar-refractivity contribution in [1.82, 2.24) is 5.32 Å². The number of hydrogen-bond donors (Lipinski definition) is 2. The smallest absolute Gasteiger partial charge is 0.171 e. The fourth-order valence-corrected chi connectivity index (χ4v) is 3.32. The Kier molecular flexibility index (Phi) is 4.86. The van der Waals surface area contributed by atoms with E-state index >= 15 is 0 Å². The molecule has 5 heteroatoms. The lowest BCUT2D eigenvalue weighted by Gasteiger charge is -2.35. The van der Waals surface area contributed by atoms with Crippen LogP contribution in [0.5, 0.6) is 0 Å². The summed E-state index contributed by atoms with van der Waals surface area (Å²) < 4.78 is 13.1. The maximum Gasteiger partial charge on any atom is 0.171 e. The summed E-state index contributed by atoms with van der Waals surface area (Å²) in [6, 6.07) is 4.51. The number of nitrogens with one attached hydrogen (secondary N) is 2. The van der Waals surface area contributed by atoms with Gasteiger partial charge in [-0.25, -0.2) is 4.39 Å². The topological polar surface area (TPSA) is 24.1 Å². The highest BCUT2D eigenvalue weighted by molar-refractivity contribution is 7.80. The van der Waals surface area contributed by atoms with Crippen LogP contribution in [0, 0.1) is 11.7 Å². The third kappa shape index (κ3) is 3.41. The zero-order chi connectivity index (χ0) is 14.8. The minimum absolute atomic E-state index is 0.0773. The molecule has 1 fully saturated rings. The van der Waals surface area contributed by atoms with E-state index in [2.05, 4.69) is 24.5 Å². The highest BCUT2D eigenvalue weighted by Gasteiger charge is 2.37. The predicted molar refractivity (Wildman–Crippen MR) is 86.8 cm³/mol. The van der Waals surface area contributed by atoms with Crippen molar-refractivity contribution >= 4 is 34.6 Å². The van der Waals surface area contributed by atoms with Gasteiger partial charge in [0, 0.05) is 11.2 Å². The average molecular weight is 315 g/mol. The van der Waals surface area contributed by atoms with Crippen LogP contribution in [-0.4, -0.2) is 10.7 Å².